The molecule has 0 aromatic heterocycles. The summed E-state index contributed by atoms with van der Waals surface area (Å²) in [6.45, 7) is 2.20. The molecular weight excluding hydrogens is 626 g/mol. The predicted octanol–water partition coefficient (Wildman–Crippen LogP) is 5.96. The van der Waals surface area contributed by atoms with E-state index in [4.69, 9.17) is 39.6 Å². The molecule has 0 saturated heterocycles. The van der Waals surface area contributed by atoms with Gasteiger partial charge in [-0.05, 0) is 103 Å². The first-order valence-electron chi connectivity index (χ1n) is 13.4. The highest BCUT2D eigenvalue weighted by molar-refractivity contribution is 6.16. The van der Waals surface area contributed by atoms with Crippen molar-refractivity contribution in [1.29, 1.82) is 0 Å². The number of rotatable bonds is 0. The van der Waals surface area contributed by atoms with Crippen molar-refractivity contribution in [2.75, 3.05) is 7.11 Å². The zero-order valence-electron chi connectivity index (χ0n) is 25.8. The highest BCUT2D eigenvalue weighted by atomic mass is 16.5. The third-order valence-electron chi connectivity index (χ3n) is 6.08. The largest absolute Gasteiger partial charge is 0.465 e. The molecule has 0 heterocycles. The molecule has 6 aromatic carbocycles. The lowest BCUT2D eigenvalue weighted by molar-refractivity contribution is 0.182. The van der Waals surface area contributed by atoms with Crippen molar-refractivity contribution in [2.24, 2.45) is 28.7 Å². The number of benzene rings is 6. The Bertz CT molecular complexity index is 2020. The molecule has 48 heavy (non-hydrogen) atoms. The summed E-state index contributed by atoms with van der Waals surface area (Å²) in [7, 11) is 1.22. The zero-order chi connectivity index (χ0) is 36.6. The van der Waals surface area contributed by atoms with E-state index in [1.165, 1.54) is 66.5 Å². The summed E-state index contributed by atoms with van der Waals surface area (Å²) in [6, 6.07) is 33.7. The Labute approximate surface area is 272 Å². The number of ether oxygens (including phenoxy) is 1. The molecule has 0 fully saturated rings. The first-order chi connectivity index (χ1) is 22.5. The lowest BCUT2D eigenvalue weighted by atomic mass is 9.94. The third-order valence-corrected chi connectivity index (χ3v) is 6.08. The molecule has 0 atom stereocenters. The summed E-state index contributed by atoms with van der Waals surface area (Å²) in [6.07, 6.45) is -6.08. The molecule has 0 aliphatic rings. The van der Waals surface area contributed by atoms with Crippen LogP contribution in [0.1, 0.15) is 5.56 Å². The van der Waals surface area contributed by atoms with Crippen molar-refractivity contribution in [3.8, 4) is 0 Å². The van der Waals surface area contributed by atoms with E-state index in [2.05, 4.69) is 131 Å². The minimum atomic E-state index is -1.33. The summed E-state index contributed by atoms with van der Waals surface area (Å²) < 4.78 is 3.89. The summed E-state index contributed by atoms with van der Waals surface area (Å²) in [5.74, 6) is 0. The number of amides is 5. The van der Waals surface area contributed by atoms with Crippen molar-refractivity contribution >= 4 is 84.3 Å². The van der Waals surface area contributed by atoms with E-state index in [0.29, 0.717) is 0 Å². The van der Waals surface area contributed by atoms with E-state index in [-0.39, 0.29) is 0 Å². The fraction of sp³-hybridized carbons (Fsp3) is 0.0606. The summed E-state index contributed by atoms with van der Waals surface area (Å²) in [5, 5.41) is 41.9. The number of nitrogens with two attached hydrogens (primary N) is 5. The number of aryl methyl sites for hydroxylation is 1. The van der Waals surface area contributed by atoms with Gasteiger partial charge in [0, 0.05) is 0 Å². The SMILES string of the molecule is COC(N)=O.Cc1cccc2cc3ccc4cc5cc6ccccc6cc5cc4c3cc12.NC(=O)O.NC(=O)O.NC(=O)O.NC(=O)O. The van der Waals surface area contributed by atoms with Gasteiger partial charge in [-0.15, -0.1) is 0 Å². The van der Waals surface area contributed by atoms with Crippen LogP contribution in [0.2, 0.25) is 0 Å². The van der Waals surface area contributed by atoms with Crippen LogP contribution in [-0.2, 0) is 4.74 Å². The average molecular weight is 662 g/mol. The smallest absolute Gasteiger partial charge is 0.404 e. The second-order valence-corrected chi connectivity index (χ2v) is 9.43. The van der Waals surface area contributed by atoms with E-state index in [9.17, 15) is 4.79 Å². The molecule has 5 amide bonds. The number of primary amides is 5. The Morgan fingerprint density at radius 3 is 1.19 bits per heavy atom. The van der Waals surface area contributed by atoms with Crippen molar-refractivity contribution in [2.45, 2.75) is 6.92 Å². The number of methoxy groups -OCH3 is 1. The van der Waals surface area contributed by atoms with Gasteiger partial charge in [0.1, 0.15) is 0 Å². The highest BCUT2D eigenvalue weighted by Crippen LogP contribution is 2.34. The topological polar surface area (TPSA) is 306 Å². The lowest BCUT2D eigenvalue weighted by Crippen LogP contribution is -2.08. The van der Waals surface area contributed by atoms with Crippen LogP contribution < -0.4 is 28.7 Å². The Kier molecular flexibility index (Phi) is 15.2. The van der Waals surface area contributed by atoms with Crippen LogP contribution >= 0.6 is 0 Å². The van der Waals surface area contributed by atoms with E-state index < -0.39 is 30.5 Å². The van der Waals surface area contributed by atoms with Crippen LogP contribution in [0.25, 0.3) is 53.9 Å². The Morgan fingerprint density at radius 1 is 0.458 bits per heavy atom. The van der Waals surface area contributed by atoms with Crippen LogP contribution in [-0.4, -0.2) is 58.0 Å². The zero-order valence-corrected chi connectivity index (χ0v) is 25.8. The number of hydrogen-bond acceptors (Lipinski definition) is 6. The molecule has 0 unspecified atom stereocenters. The molecule has 15 nitrogen and oxygen atoms in total. The van der Waals surface area contributed by atoms with Gasteiger partial charge in [-0.25, -0.2) is 24.0 Å². The minimum Gasteiger partial charge on any atom is -0.465 e. The second-order valence-electron chi connectivity index (χ2n) is 9.43. The summed E-state index contributed by atoms with van der Waals surface area (Å²) in [4.78, 5) is 44.5. The quantitative estimate of drug-likeness (QED) is 0.0678. The van der Waals surface area contributed by atoms with Crippen LogP contribution in [0.4, 0.5) is 24.0 Å². The van der Waals surface area contributed by atoms with Crippen molar-refractivity contribution < 1.29 is 49.1 Å². The monoisotopic (exact) mass is 661 g/mol. The van der Waals surface area contributed by atoms with Gasteiger partial charge in [-0.3, -0.25) is 0 Å². The summed E-state index contributed by atoms with van der Waals surface area (Å²) >= 11 is 0. The molecule has 0 radical (unpaired) electrons. The molecule has 0 aliphatic carbocycles. The predicted molar refractivity (Wildman–Crippen MR) is 184 cm³/mol. The van der Waals surface area contributed by atoms with E-state index in [1.54, 1.807) is 0 Å². The minimum absolute atomic E-state index is 0.745. The van der Waals surface area contributed by atoms with Crippen LogP contribution in [0, 0.1) is 6.92 Å². The molecule has 0 bridgehead atoms. The maximum absolute atomic E-state index is 9.37. The maximum atomic E-state index is 9.37. The first kappa shape index (κ1) is 39.0. The molecule has 15 heteroatoms. The number of carbonyl (C=O) groups is 5. The van der Waals surface area contributed by atoms with Crippen LogP contribution in [0.5, 0.6) is 0 Å². The number of carbonyl (C=O) groups excluding carboxylic acids is 1. The van der Waals surface area contributed by atoms with E-state index in [0.717, 1.165) is 0 Å². The standard InChI is InChI=1S/C27H18.C2H5NO2.4CH3NO2/c1-17-5-4-8-20-13-21-9-10-22-14-23-11-18-6-2-3-7-19(18)12-24(23)15-26(22)27(21)16-25(17)20;1-5-2(3)4;4*2-1(3)4/h2-16H,1H3;1H3,(H2,3,4);4*2H2,(H,3,4). The van der Waals surface area contributed by atoms with Gasteiger partial charge in [0.15, 0.2) is 0 Å². The van der Waals surface area contributed by atoms with Crippen molar-refractivity contribution in [3.05, 3.63) is 96.6 Å². The fourth-order valence-corrected chi connectivity index (χ4v) is 4.43. The highest BCUT2D eigenvalue weighted by Gasteiger charge is 2.07. The van der Waals surface area contributed by atoms with Gasteiger partial charge in [-0.2, -0.15) is 0 Å². The molecule has 0 aliphatic heterocycles. The Hall–Kier alpha value is -7.03. The lowest BCUT2D eigenvalue weighted by Gasteiger charge is -2.10. The van der Waals surface area contributed by atoms with Gasteiger partial charge < -0.3 is 53.8 Å². The van der Waals surface area contributed by atoms with Gasteiger partial charge in [0.25, 0.3) is 0 Å². The maximum Gasteiger partial charge on any atom is 0.404 e. The summed E-state index contributed by atoms with van der Waals surface area (Å²) in [5.41, 5.74) is 21.9. The number of hydrogen-bond donors (Lipinski definition) is 9. The van der Waals surface area contributed by atoms with Gasteiger partial charge in [-0.1, -0.05) is 54.6 Å². The Morgan fingerprint density at radius 2 is 0.771 bits per heavy atom. The fourth-order valence-electron chi connectivity index (χ4n) is 4.43. The number of carboxylic acid groups (broad SMARTS) is 4. The number of fused-ring (bicyclic) bond motifs is 6. The van der Waals surface area contributed by atoms with E-state index in [1.807, 2.05) is 0 Å². The van der Waals surface area contributed by atoms with Crippen molar-refractivity contribution in [1.82, 2.24) is 0 Å². The van der Waals surface area contributed by atoms with Gasteiger partial charge in [0.05, 0.1) is 7.11 Å². The molecule has 0 saturated carbocycles. The average Bonchev–Trinajstić information content (AvgIpc) is 2.97. The molecule has 14 N–H and O–H groups in total. The van der Waals surface area contributed by atoms with Crippen LogP contribution in [0.15, 0.2) is 91.0 Å². The van der Waals surface area contributed by atoms with Gasteiger partial charge >= 0.3 is 30.5 Å². The second kappa shape index (κ2) is 18.7. The normalized spacial score (nSPS) is 9.38. The molecular formula is C33H35N5O10. The molecule has 6 rings (SSSR count). The Balaban J connectivity index is 0.000000453. The third kappa shape index (κ3) is 13.3. The van der Waals surface area contributed by atoms with Gasteiger partial charge in [0.2, 0.25) is 0 Å². The van der Waals surface area contributed by atoms with Crippen molar-refractivity contribution in [3.63, 3.8) is 0 Å². The molecule has 0 spiro atoms. The van der Waals surface area contributed by atoms with E-state index >= 15 is 0 Å². The molecule has 252 valence electrons. The first-order valence-corrected chi connectivity index (χ1v) is 13.4. The van der Waals surface area contributed by atoms with Crippen LogP contribution in [0.3, 0.4) is 0 Å². The molecule has 6 aromatic rings.